The van der Waals surface area contributed by atoms with Crippen LogP contribution < -0.4 is 5.32 Å². The minimum absolute atomic E-state index is 0.170. The Balaban J connectivity index is 1.75. The summed E-state index contributed by atoms with van der Waals surface area (Å²) in [4.78, 5) is 26.8. The molecule has 0 heterocycles. The van der Waals surface area contributed by atoms with Crippen molar-refractivity contribution in [1.29, 1.82) is 0 Å². The zero-order chi connectivity index (χ0) is 20.6. The van der Waals surface area contributed by atoms with Crippen LogP contribution in [-0.4, -0.2) is 24.0 Å². The van der Waals surface area contributed by atoms with Crippen LogP contribution >= 0.6 is 0 Å². The monoisotopic (exact) mass is 391 g/mol. The van der Waals surface area contributed by atoms with Crippen LogP contribution in [0.15, 0.2) is 42.5 Å². The second-order valence-corrected chi connectivity index (χ2v) is 8.27. The first-order valence-electron chi connectivity index (χ1n) is 10.7. The van der Waals surface area contributed by atoms with Crippen molar-refractivity contribution in [3.8, 4) is 0 Å². The number of fused-ring (bicyclic) bond motifs is 2. The molecule has 2 unspecified atom stereocenters. The number of carbonyl (C=O) groups excluding carboxylic acids is 2. The highest BCUT2D eigenvalue weighted by Crippen LogP contribution is 2.50. The molecule has 1 N–H and O–H groups in total. The minimum Gasteiger partial charge on any atom is -0.464 e. The molecule has 2 aromatic carbocycles. The molecule has 0 bridgehead atoms. The SMILES string of the molecule is CCOC(=O)C1(NC(=O)c2cccc3c2CCCC3)C(C)c2ccccc2C1C. The Kier molecular flexibility index (Phi) is 5.20. The lowest BCUT2D eigenvalue weighted by atomic mass is 9.79. The number of aryl methyl sites for hydroxylation is 1. The fraction of sp³-hybridized carbons (Fsp3) is 0.440. The number of hydrogen-bond donors (Lipinski definition) is 1. The largest absolute Gasteiger partial charge is 0.464 e. The summed E-state index contributed by atoms with van der Waals surface area (Å²) >= 11 is 0. The summed E-state index contributed by atoms with van der Waals surface area (Å²) in [6, 6.07) is 14.0. The van der Waals surface area contributed by atoms with E-state index in [9.17, 15) is 9.59 Å². The maximum Gasteiger partial charge on any atom is 0.333 e. The van der Waals surface area contributed by atoms with E-state index in [2.05, 4.69) is 11.4 Å². The van der Waals surface area contributed by atoms with E-state index in [1.807, 2.05) is 50.2 Å². The summed E-state index contributed by atoms with van der Waals surface area (Å²) in [7, 11) is 0. The summed E-state index contributed by atoms with van der Waals surface area (Å²) in [5.41, 5.74) is 4.18. The zero-order valence-corrected chi connectivity index (χ0v) is 17.5. The van der Waals surface area contributed by atoms with Gasteiger partial charge in [0.2, 0.25) is 0 Å². The third-order valence-corrected chi connectivity index (χ3v) is 6.87. The maximum absolute atomic E-state index is 13.5. The molecule has 4 rings (SSSR count). The van der Waals surface area contributed by atoms with Crippen LogP contribution in [0.25, 0.3) is 0 Å². The second-order valence-electron chi connectivity index (χ2n) is 8.27. The lowest BCUT2D eigenvalue weighted by molar-refractivity contribution is -0.152. The molecule has 0 spiro atoms. The summed E-state index contributed by atoms with van der Waals surface area (Å²) in [5, 5.41) is 3.18. The molecule has 4 heteroatoms. The fourth-order valence-corrected chi connectivity index (χ4v) is 5.29. The smallest absolute Gasteiger partial charge is 0.333 e. The van der Waals surface area contributed by atoms with Crippen LogP contribution in [0.3, 0.4) is 0 Å². The van der Waals surface area contributed by atoms with E-state index in [4.69, 9.17) is 4.74 Å². The van der Waals surface area contributed by atoms with E-state index in [1.165, 1.54) is 5.56 Å². The number of ether oxygens (including phenoxy) is 1. The van der Waals surface area contributed by atoms with Crippen molar-refractivity contribution in [1.82, 2.24) is 5.32 Å². The molecule has 2 aromatic rings. The number of rotatable bonds is 4. The van der Waals surface area contributed by atoms with E-state index < -0.39 is 5.54 Å². The number of nitrogens with one attached hydrogen (secondary N) is 1. The summed E-state index contributed by atoms with van der Waals surface area (Å²) in [5.74, 6) is -0.870. The van der Waals surface area contributed by atoms with Gasteiger partial charge in [-0.1, -0.05) is 50.2 Å². The molecule has 1 amide bonds. The van der Waals surface area contributed by atoms with Gasteiger partial charge in [0.05, 0.1) is 6.61 Å². The predicted molar refractivity (Wildman–Crippen MR) is 113 cm³/mol. The van der Waals surface area contributed by atoms with Crippen LogP contribution in [0.1, 0.15) is 78.1 Å². The molecule has 152 valence electrons. The second kappa shape index (κ2) is 7.66. The standard InChI is InChI=1S/C25H29NO3/c1-4-29-24(28)25(16(2)19-12-7-8-13-20(19)17(25)3)26-23(27)22-15-9-11-18-10-5-6-14-21(18)22/h7-9,11-13,15-17H,4-6,10,14H2,1-3H3,(H,26,27). The van der Waals surface area contributed by atoms with Gasteiger partial charge in [0.15, 0.2) is 5.54 Å². The molecule has 0 fully saturated rings. The molecule has 2 aliphatic rings. The third kappa shape index (κ3) is 3.06. The normalized spacial score (nSPS) is 25.1. The van der Waals surface area contributed by atoms with Gasteiger partial charge in [-0.05, 0) is 60.9 Å². The van der Waals surface area contributed by atoms with Crippen LogP contribution in [0.5, 0.6) is 0 Å². The number of hydrogen-bond acceptors (Lipinski definition) is 3. The Morgan fingerprint density at radius 3 is 2.31 bits per heavy atom. The topological polar surface area (TPSA) is 55.4 Å². The Morgan fingerprint density at radius 2 is 1.66 bits per heavy atom. The Bertz CT molecular complexity index is 920. The summed E-state index contributed by atoms with van der Waals surface area (Å²) in [6.45, 7) is 6.12. The van der Waals surface area contributed by atoms with Crippen molar-refractivity contribution in [3.05, 3.63) is 70.3 Å². The highest BCUT2D eigenvalue weighted by molar-refractivity contribution is 6.01. The number of esters is 1. The van der Waals surface area contributed by atoms with Crippen LogP contribution in [0, 0.1) is 0 Å². The first-order chi connectivity index (χ1) is 14.0. The van der Waals surface area contributed by atoms with Crippen molar-refractivity contribution < 1.29 is 14.3 Å². The fourth-order valence-electron chi connectivity index (χ4n) is 5.29. The van der Waals surface area contributed by atoms with E-state index >= 15 is 0 Å². The first kappa shape index (κ1) is 19.7. The molecule has 29 heavy (non-hydrogen) atoms. The van der Waals surface area contributed by atoms with Crippen molar-refractivity contribution in [2.75, 3.05) is 6.61 Å². The zero-order valence-electron chi connectivity index (χ0n) is 17.5. The highest BCUT2D eigenvalue weighted by Gasteiger charge is 2.56. The van der Waals surface area contributed by atoms with E-state index in [1.54, 1.807) is 6.92 Å². The van der Waals surface area contributed by atoms with Gasteiger partial charge >= 0.3 is 5.97 Å². The summed E-state index contributed by atoms with van der Waals surface area (Å²) in [6.07, 6.45) is 4.18. The molecule has 4 nitrogen and oxygen atoms in total. The van der Waals surface area contributed by atoms with E-state index in [0.29, 0.717) is 5.56 Å². The molecule has 2 aliphatic carbocycles. The quantitative estimate of drug-likeness (QED) is 0.780. The van der Waals surface area contributed by atoms with E-state index in [0.717, 1.165) is 42.4 Å². The van der Waals surface area contributed by atoms with Gasteiger partial charge in [0.1, 0.15) is 0 Å². The molecule has 0 aromatic heterocycles. The Morgan fingerprint density at radius 1 is 1.00 bits per heavy atom. The predicted octanol–water partition coefficient (Wildman–Crippen LogP) is 4.52. The molecule has 0 radical (unpaired) electrons. The first-order valence-corrected chi connectivity index (χ1v) is 10.7. The number of carbonyl (C=O) groups is 2. The van der Waals surface area contributed by atoms with Crippen LogP contribution in [0.2, 0.25) is 0 Å². The third-order valence-electron chi connectivity index (χ3n) is 6.87. The van der Waals surface area contributed by atoms with Crippen molar-refractivity contribution in [2.24, 2.45) is 0 Å². The molecular formula is C25H29NO3. The lowest BCUT2D eigenvalue weighted by Crippen LogP contribution is -2.59. The van der Waals surface area contributed by atoms with Crippen LogP contribution in [0.4, 0.5) is 0 Å². The Hall–Kier alpha value is -2.62. The van der Waals surface area contributed by atoms with Crippen molar-refractivity contribution in [3.63, 3.8) is 0 Å². The molecule has 2 atom stereocenters. The van der Waals surface area contributed by atoms with Gasteiger partial charge in [-0.2, -0.15) is 0 Å². The van der Waals surface area contributed by atoms with Gasteiger partial charge in [-0.15, -0.1) is 0 Å². The Labute approximate surface area is 172 Å². The van der Waals surface area contributed by atoms with Crippen LogP contribution in [-0.2, 0) is 22.4 Å². The molecule has 0 saturated heterocycles. The van der Waals surface area contributed by atoms with Gasteiger partial charge in [-0.3, -0.25) is 4.79 Å². The maximum atomic E-state index is 13.5. The van der Waals surface area contributed by atoms with Gasteiger partial charge in [0.25, 0.3) is 5.91 Å². The average molecular weight is 392 g/mol. The highest BCUT2D eigenvalue weighted by atomic mass is 16.5. The van der Waals surface area contributed by atoms with Gasteiger partial charge in [-0.25, -0.2) is 4.79 Å². The average Bonchev–Trinajstić information content (AvgIpc) is 2.96. The van der Waals surface area contributed by atoms with Crippen molar-refractivity contribution >= 4 is 11.9 Å². The number of amides is 1. The lowest BCUT2D eigenvalue weighted by Gasteiger charge is -2.36. The minimum atomic E-state index is -1.10. The van der Waals surface area contributed by atoms with E-state index in [-0.39, 0.29) is 30.3 Å². The van der Waals surface area contributed by atoms with Crippen molar-refractivity contribution in [2.45, 2.75) is 63.8 Å². The summed E-state index contributed by atoms with van der Waals surface area (Å²) < 4.78 is 5.50. The molecule has 0 aliphatic heterocycles. The molecule has 0 saturated carbocycles. The molecular weight excluding hydrogens is 362 g/mol. The van der Waals surface area contributed by atoms with Gasteiger partial charge in [0, 0.05) is 17.4 Å². The van der Waals surface area contributed by atoms with Gasteiger partial charge < -0.3 is 10.1 Å². The number of benzene rings is 2.